The first-order chi connectivity index (χ1) is 8.70. The van der Waals surface area contributed by atoms with E-state index in [0.29, 0.717) is 6.54 Å². The van der Waals surface area contributed by atoms with Gasteiger partial charge in [0.2, 0.25) is 0 Å². The van der Waals surface area contributed by atoms with Crippen LogP contribution in [0.3, 0.4) is 0 Å². The second-order valence-corrected chi connectivity index (χ2v) is 4.94. The van der Waals surface area contributed by atoms with E-state index in [2.05, 4.69) is 40.3 Å². The molecule has 0 heterocycles. The Kier molecular flexibility index (Phi) is 4.01. The molecule has 0 saturated carbocycles. The number of nitrogens with zero attached hydrogens (tertiary/aromatic N) is 1. The molecule has 1 N–H and O–H groups in total. The van der Waals surface area contributed by atoms with Crippen molar-refractivity contribution in [1.29, 1.82) is 5.26 Å². The molecule has 2 aromatic rings. The lowest BCUT2D eigenvalue weighted by atomic mass is 10.1. The average molecular weight is 301 g/mol. The molecule has 0 fully saturated rings. The third-order valence-corrected chi connectivity index (χ3v) is 3.67. The predicted octanol–water partition coefficient (Wildman–Crippen LogP) is 4.24. The second-order valence-electron chi connectivity index (χ2n) is 4.09. The lowest BCUT2D eigenvalue weighted by molar-refractivity contribution is 1.13. The van der Waals surface area contributed by atoms with E-state index in [9.17, 15) is 0 Å². The van der Waals surface area contributed by atoms with Crippen LogP contribution in [-0.2, 0) is 6.54 Å². The van der Waals surface area contributed by atoms with Crippen LogP contribution in [0.2, 0.25) is 0 Å². The van der Waals surface area contributed by atoms with Gasteiger partial charge in [0.1, 0.15) is 0 Å². The van der Waals surface area contributed by atoms with Gasteiger partial charge in [-0.05, 0) is 42.3 Å². The molecular formula is C15H13BrN2. The first-order valence-corrected chi connectivity index (χ1v) is 6.48. The van der Waals surface area contributed by atoms with Crippen LogP contribution in [0.5, 0.6) is 0 Å². The Morgan fingerprint density at radius 2 is 2.00 bits per heavy atom. The van der Waals surface area contributed by atoms with E-state index in [4.69, 9.17) is 5.26 Å². The van der Waals surface area contributed by atoms with Crippen molar-refractivity contribution in [2.45, 2.75) is 13.5 Å². The molecule has 18 heavy (non-hydrogen) atoms. The maximum atomic E-state index is 9.01. The lowest BCUT2D eigenvalue weighted by Gasteiger charge is -2.09. The molecule has 0 atom stereocenters. The molecule has 2 aromatic carbocycles. The molecule has 3 heteroatoms. The largest absolute Gasteiger partial charge is 0.381 e. The Morgan fingerprint density at radius 1 is 1.22 bits per heavy atom. The van der Waals surface area contributed by atoms with Crippen LogP contribution in [0.4, 0.5) is 5.69 Å². The highest BCUT2D eigenvalue weighted by Crippen LogP contribution is 2.20. The van der Waals surface area contributed by atoms with Crippen LogP contribution < -0.4 is 5.32 Å². The summed E-state index contributed by atoms with van der Waals surface area (Å²) in [7, 11) is 0. The molecule has 0 aliphatic heterocycles. The van der Waals surface area contributed by atoms with Gasteiger partial charge in [-0.1, -0.05) is 34.1 Å². The zero-order valence-corrected chi connectivity index (χ0v) is 11.7. The highest BCUT2D eigenvalue weighted by Gasteiger charge is 2.01. The first kappa shape index (κ1) is 12.7. The monoisotopic (exact) mass is 300 g/mol. The quantitative estimate of drug-likeness (QED) is 0.920. The highest BCUT2D eigenvalue weighted by atomic mass is 79.9. The van der Waals surface area contributed by atoms with Gasteiger partial charge < -0.3 is 5.32 Å². The number of nitriles is 1. The topological polar surface area (TPSA) is 35.8 Å². The van der Waals surface area contributed by atoms with Gasteiger partial charge in [-0.25, -0.2) is 0 Å². The van der Waals surface area contributed by atoms with Crippen LogP contribution in [0, 0.1) is 18.3 Å². The van der Waals surface area contributed by atoms with Gasteiger partial charge in [-0.2, -0.15) is 5.26 Å². The SMILES string of the molecule is Cc1cc(NCc2ccccc2C#N)ccc1Br. The fourth-order valence-electron chi connectivity index (χ4n) is 1.74. The van der Waals surface area contributed by atoms with Gasteiger partial charge in [-0.15, -0.1) is 0 Å². The fourth-order valence-corrected chi connectivity index (χ4v) is 1.98. The van der Waals surface area contributed by atoms with Crippen molar-refractivity contribution in [2.24, 2.45) is 0 Å². The van der Waals surface area contributed by atoms with E-state index in [1.807, 2.05) is 36.4 Å². The Morgan fingerprint density at radius 3 is 2.72 bits per heavy atom. The summed E-state index contributed by atoms with van der Waals surface area (Å²) in [6, 6.07) is 16.0. The zero-order chi connectivity index (χ0) is 13.0. The summed E-state index contributed by atoms with van der Waals surface area (Å²) >= 11 is 3.48. The number of hydrogen-bond acceptors (Lipinski definition) is 2. The summed E-state index contributed by atoms with van der Waals surface area (Å²) in [6.45, 7) is 2.71. The Labute approximate surface area is 115 Å². The van der Waals surface area contributed by atoms with Gasteiger partial charge in [0.25, 0.3) is 0 Å². The highest BCUT2D eigenvalue weighted by molar-refractivity contribution is 9.10. The second kappa shape index (κ2) is 5.70. The molecular weight excluding hydrogens is 288 g/mol. The van der Waals surface area contributed by atoms with Crippen molar-refractivity contribution in [3.63, 3.8) is 0 Å². The van der Waals surface area contributed by atoms with Gasteiger partial charge in [0.05, 0.1) is 11.6 Å². The number of rotatable bonds is 3. The summed E-state index contributed by atoms with van der Waals surface area (Å²) in [5.41, 5.74) is 3.98. The number of nitrogens with one attached hydrogen (secondary N) is 1. The Balaban J connectivity index is 2.12. The van der Waals surface area contributed by atoms with Gasteiger partial charge in [0.15, 0.2) is 0 Å². The number of benzene rings is 2. The number of halogens is 1. The van der Waals surface area contributed by atoms with E-state index in [-0.39, 0.29) is 0 Å². The number of hydrogen-bond donors (Lipinski definition) is 1. The number of aryl methyl sites for hydroxylation is 1. The van der Waals surface area contributed by atoms with Crippen molar-refractivity contribution in [3.05, 3.63) is 63.6 Å². The van der Waals surface area contributed by atoms with Crippen molar-refractivity contribution in [1.82, 2.24) is 0 Å². The third-order valence-electron chi connectivity index (χ3n) is 2.78. The number of anilines is 1. The molecule has 0 saturated heterocycles. The summed E-state index contributed by atoms with van der Waals surface area (Å²) in [5, 5.41) is 12.3. The summed E-state index contributed by atoms with van der Waals surface area (Å²) in [6.07, 6.45) is 0. The summed E-state index contributed by atoms with van der Waals surface area (Å²) in [4.78, 5) is 0. The average Bonchev–Trinajstić information content (AvgIpc) is 2.40. The van der Waals surface area contributed by atoms with Crippen molar-refractivity contribution >= 4 is 21.6 Å². The maximum Gasteiger partial charge on any atom is 0.0995 e. The summed E-state index contributed by atoms with van der Waals surface area (Å²) < 4.78 is 1.10. The van der Waals surface area contributed by atoms with Gasteiger partial charge in [0, 0.05) is 16.7 Å². The first-order valence-electron chi connectivity index (χ1n) is 5.69. The molecule has 2 rings (SSSR count). The molecule has 0 aliphatic carbocycles. The van der Waals surface area contributed by atoms with Crippen LogP contribution >= 0.6 is 15.9 Å². The fraction of sp³-hybridized carbons (Fsp3) is 0.133. The van der Waals surface area contributed by atoms with Crippen LogP contribution in [-0.4, -0.2) is 0 Å². The molecule has 0 spiro atoms. The van der Waals surface area contributed by atoms with Crippen LogP contribution in [0.25, 0.3) is 0 Å². The minimum atomic E-state index is 0.658. The van der Waals surface area contributed by atoms with E-state index < -0.39 is 0 Å². The standard InChI is InChI=1S/C15H13BrN2/c1-11-8-14(6-7-15(11)16)18-10-13-5-3-2-4-12(13)9-17/h2-8,18H,10H2,1H3. The molecule has 0 aromatic heterocycles. The van der Waals surface area contributed by atoms with E-state index in [1.54, 1.807) is 0 Å². The van der Waals surface area contributed by atoms with Gasteiger partial charge in [-0.3, -0.25) is 0 Å². The summed E-state index contributed by atoms with van der Waals surface area (Å²) in [5.74, 6) is 0. The molecule has 2 nitrogen and oxygen atoms in total. The smallest absolute Gasteiger partial charge is 0.0995 e. The Bertz CT molecular complexity index is 600. The molecule has 0 unspecified atom stereocenters. The molecule has 0 bridgehead atoms. The minimum absolute atomic E-state index is 0.658. The maximum absolute atomic E-state index is 9.01. The van der Waals surface area contributed by atoms with E-state index in [0.717, 1.165) is 21.3 Å². The molecule has 0 amide bonds. The predicted molar refractivity (Wildman–Crippen MR) is 77.4 cm³/mol. The van der Waals surface area contributed by atoms with Crippen LogP contribution in [0.1, 0.15) is 16.7 Å². The zero-order valence-electron chi connectivity index (χ0n) is 10.1. The molecule has 0 radical (unpaired) electrons. The van der Waals surface area contributed by atoms with E-state index in [1.165, 1.54) is 5.56 Å². The van der Waals surface area contributed by atoms with Crippen molar-refractivity contribution < 1.29 is 0 Å². The Hall–Kier alpha value is -1.79. The third kappa shape index (κ3) is 2.91. The van der Waals surface area contributed by atoms with Gasteiger partial charge >= 0.3 is 0 Å². The normalized spacial score (nSPS) is 9.83. The molecule has 90 valence electrons. The molecule has 0 aliphatic rings. The van der Waals surface area contributed by atoms with E-state index >= 15 is 0 Å². The minimum Gasteiger partial charge on any atom is -0.381 e. The van der Waals surface area contributed by atoms with Crippen molar-refractivity contribution in [3.8, 4) is 6.07 Å². The van der Waals surface area contributed by atoms with Crippen LogP contribution in [0.15, 0.2) is 46.9 Å². The van der Waals surface area contributed by atoms with Crippen molar-refractivity contribution in [2.75, 3.05) is 5.32 Å². The lowest BCUT2D eigenvalue weighted by Crippen LogP contribution is -2.01.